The highest BCUT2D eigenvalue weighted by atomic mass is 79.9. The standard InChI is InChI=1S/C33H49BrN6O2SSi/c1-21(2)44(22(3)4,23(5)6)42-20-25-11-12-26-27(37-25)19-33(29(26)38-43(41)32(8,9)10)14-17-39(18-15-33)31-28-13-16-35-40(28)30(34)24(7)36-31/h11-13,16,21-23H,14-15,17-20H2,1-10H3/b38-29+/t43-/m1/s1. The van der Waals surface area contributed by atoms with E-state index < -0.39 is 24.4 Å². The molecular weight excluding hydrogens is 652 g/mol. The fraction of sp³-hybridized carbons (Fsp3) is 0.636. The molecular formula is C33H49BrN6O2SSi. The Morgan fingerprint density at radius 3 is 2.27 bits per heavy atom. The van der Waals surface area contributed by atoms with Crippen LogP contribution in [0.3, 0.4) is 0 Å². The van der Waals surface area contributed by atoms with Gasteiger partial charge in [-0.2, -0.15) is 5.10 Å². The van der Waals surface area contributed by atoms with Crippen LogP contribution >= 0.6 is 15.9 Å². The van der Waals surface area contributed by atoms with Crippen molar-refractivity contribution in [2.24, 2.45) is 9.81 Å². The zero-order valence-corrected chi connectivity index (χ0v) is 31.5. The summed E-state index contributed by atoms with van der Waals surface area (Å²) in [4.78, 5) is 12.5. The quantitative estimate of drug-likeness (QED) is 0.175. The Hall–Kier alpha value is -1.79. The summed E-state index contributed by atoms with van der Waals surface area (Å²) in [6.07, 6.45) is 4.40. The molecule has 11 heteroatoms. The van der Waals surface area contributed by atoms with Gasteiger partial charge in [-0.15, -0.1) is 0 Å². The van der Waals surface area contributed by atoms with Crippen molar-refractivity contribution >= 4 is 52.7 Å². The maximum absolute atomic E-state index is 13.5. The van der Waals surface area contributed by atoms with E-state index >= 15 is 0 Å². The van der Waals surface area contributed by atoms with Crippen LogP contribution in [0.1, 0.15) is 97.8 Å². The topological polar surface area (TPSA) is 91.0 Å². The van der Waals surface area contributed by atoms with Crippen molar-refractivity contribution in [2.45, 2.75) is 116 Å². The third-order valence-electron chi connectivity index (χ3n) is 9.82. The predicted octanol–water partition coefficient (Wildman–Crippen LogP) is 7.98. The number of hydrogen-bond acceptors (Lipinski definition) is 7. The van der Waals surface area contributed by atoms with Gasteiger partial charge in [0.2, 0.25) is 8.32 Å². The molecule has 3 aromatic heterocycles. The molecule has 0 aromatic carbocycles. The number of hydrogen-bond donors (Lipinski definition) is 0. The van der Waals surface area contributed by atoms with Crippen LogP contribution < -0.4 is 4.90 Å². The van der Waals surface area contributed by atoms with E-state index in [4.69, 9.17) is 18.8 Å². The maximum atomic E-state index is 13.5. The summed E-state index contributed by atoms with van der Waals surface area (Å²) < 4.78 is 27.7. The fourth-order valence-corrected chi connectivity index (χ4v) is 14.1. The Balaban J connectivity index is 1.45. The molecule has 0 unspecified atom stereocenters. The van der Waals surface area contributed by atoms with Crippen molar-refractivity contribution in [3.63, 3.8) is 0 Å². The van der Waals surface area contributed by atoms with Crippen LogP contribution in [0.5, 0.6) is 0 Å². The Morgan fingerprint density at radius 1 is 1.05 bits per heavy atom. The third kappa shape index (κ3) is 5.92. The summed E-state index contributed by atoms with van der Waals surface area (Å²) in [6, 6.07) is 6.29. The smallest absolute Gasteiger partial charge is 0.200 e. The van der Waals surface area contributed by atoms with Crippen LogP contribution in [0.25, 0.3) is 5.52 Å². The van der Waals surface area contributed by atoms with Crippen LogP contribution in [0, 0.1) is 12.3 Å². The number of pyridine rings is 1. The van der Waals surface area contributed by atoms with E-state index in [1.807, 2.05) is 44.5 Å². The number of anilines is 1. The van der Waals surface area contributed by atoms with Gasteiger partial charge < -0.3 is 13.9 Å². The van der Waals surface area contributed by atoms with Gasteiger partial charge in [-0.1, -0.05) is 45.9 Å². The molecule has 1 saturated heterocycles. The first-order valence-electron chi connectivity index (χ1n) is 16.0. The van der Waals surface area contributed by atoms with Gasteiger partial charge in [-0.05, 0) is 91.3 Å². The normalized spacial score (nSPS) is 18.9. The zero-order chi connectivity index (χ0) is 32.2. The summed E-state index contributed by atoms with van der Waals surface area (Å²) in [5.74, 6) is 0.955. The summed E-state index contributed by atoms with van der Waals surface area (Å²) >= 11 is 2.28. The van der Waals surface area contributed by atoms with Gasteiger partial charge in [0.15, 0.2) is 5.82 Å². The fourth-order valence-electron chi connectivity index (χ4n) is 7.57. The molecule has 1 spiro atoms. The molecule has 0 saturated carbocycles. The lowest BCUT2D eigenvalue weighted by Gasteiger charge is -2.42. The van der Waals surface area contributed by atoms with Crippen LogP contribution in [-0.4, -0.2) is 56.0 Å². The van der Waals surface area contributed by atoms with Crippen molar-refractivity contribution in [1.82, 2.24) is 19.6 Å². The first kappa shape index (κ1) is 33.6. The second-order valence-corrected chi connectivity index (χ2v) is 22.7. The zero-order valence-electron chi connectivity index (χ0n) is 28.1. The molecule has 1 fully saturated rings. The van der Waals surface area contributed by atoms with Crippen LogP contribution in [0.2, 0.25) is 16.6 Å². The average Bonchev–Trinajstić information content (AvgIpc) is 3.54. The number of aromatic nitrogens is 4. The Bertz CT molecular complexity index is 1520. The van der Waals surface area contributed by atoms with Crippen molar-refractivity contribution in [3.8, 4) is 0 Å². The molecule has 3 aromatic rings. The van der Waals surface area contributed by atoms with Crippen molar-refractivity contribution in [1.29, 1.82) is 0 Å². The highest BCUT2D eigenvalue weighted by Gasteiger charge is 2.49. The molecule has 44 heavy (non-hydrogen) atoms. The minimum Gasteiger partial charge on any atom is -0.591 e. The van der Waals surface area contributed by atoms with Crippen LogP contribution in [0.4, 0.5) is 5.82 Å². The van der Waals surface area contributed by atoms with E-state index in [2.05, 4.69) is 79.6 Å². The molecule has 4 heterocycles. The number of rotatable bonds is 8. The van der Waals surface area contributed by atoms with Crippen molar-refractivity contribution < 1.29 is 8.98 Å². The first-order valence-corrected chi connectivity index (χ1v) is 20.0. The SMILES string of the molecule is Cc1nc(N2CCC3(CC2)Cc2nc(CO[Si](C(C)C)(C(C)C)C(C)C)ccc2/C3=N\[S@+]([O-])C(C)(C)C)c2ccnn2c1Br. The molecule has 0 amide bonds. The molecule has 1 atom stereocenters. The van der Waals surface area contributed by atoms with Gasteiger partial charge in [0, 0.05) is 30.5 Å². The first-order chi connectivity index (χ1) is 20.6. The maximum Gasteiger partial charge on any atom is 0.200 e. The van der Waals surface area contributed by atoms with E-state index in [-0.39, 0.29) is 5.41 Å². The number of piperidine rings is 1. The lowest BCUT2D eigenvalue weighted by atomic mass is 9.75. The molecule has 0 bridgehead atoms. The van der Waals surface area contributed by atoms with E-state index in [9.17, 15) is 4.55 Å². The lowest BCUT2D eigenvalue weighted by Crippen LogP contribution is -2.47. The Labute approximate surface area is 276 Å². The highest BCUT2D eigenvalue weighted by molar-refractivity contribution is 9.10. The molecule has 2 aliphatic rings. The minimum absolute atomic E-state index is 0.209. The average molecular weight is 702 g/mol. The third-order valence-corrected chi connectivity index (χ3v) is 18.2. The summed E-state index contributed by atoms with van der Waals surface area (Å²) in [6.45, 7) is 24.1. The second-order valence-electron chi connectivity index (χ2n) is 14.6. The van der Waals surface area contributed by atoms with Crippen molar-refractivity contribution in [2.75, 3.05) is 18.0 Å². The lowest BCUT2D eigenvalue weighted by molar-refractivity contribution is 0.261. The van der Waals surface area contributed by atoms with Crippen LogP contribution in [0.15, 0.2) is 33.4 Å². The summed E-state index contributed by atoms with van der Waals surface area (Å²) in [5, 5.41) is 4.50. The van der Waals surface area contributed by atoms with E-state index in [1.165, 1.54) is 0 Å². The molecule has 1 aliphatic carbocycles. The van der Waals surface area contributed by atoms with Gasteiger partial charge in [0.05, 0.1) is 29.9 Å². The van der Waals surface area contributed by atoms with Gasteiger partial charge in [0.25, 0.3) is 0 Å². The number of aryl methyl sites for hydroxylation is 1. The Kier molecular flexibility index (Phi) is 9.48. The second kappa shape index (κ2) is 12.4. The molecule has 5 rings (SSSR count). The van der Waals surface area contributed by atoms with Gasteiger partial charge >= 0.3 is 0 Å². The monoisotopic (exact) mass is 700 g/mol. The molecule has 0 N–H and O–H groups in total. The Morgan fingerprint density at radius 2 is 1.68 bits per heavy atom. The van der Waals surface area contributed by atoms with Crippen molar-refractivity contribution in [3.05, 3.63) is 51.6 Å². The molecule has 240 valence electrons. The molecule has 1 aliphatic heterocycles. The number of nitrogens with zero attached hydrogens (tertiary/aromatic N) is 6. The molecule has 0 radical (unpaired) electrons. The van der Waals surface area contributed by atoms with Gasteiger partial charge in [-0.25, -0.2) is 9.50 Å². The summed E-state index contributed by atoms with van der Waals surface area (Å²) in [7, 11) is -2.02. The van der Waals surface area contributed by atoms with Gasteiger partial charge in [0.1, 0.15) is 31.9 Å². The molecule has 8 nitrogen and oxygen atoms in total. The van der Waals surface area contributed by atoms with E-state index in [1.54, 1.807) is 0 Å². The number of fused-ring (bicyclic) bond motifs is 2. The number of halogens is 1. The largest absolute Gasteiger partial charge is 0.591 e. The van der Waals surface area contributed by atoms with E-state index in [0.29, 0.717) is 23.2 Å². The highest BCUT2D eigenvalue weighted by Crippen LogP contribution is 2.47. The minimum atomic E-state index is -2.02. The summed E-state index contributed by atoms with van der Waals surface area (Å²) in [5.41, 5.74) is 7.30. The predicted molar refractivity (Wildman–Crippen MR) is 188 cm³/mol. The van der Waals surface area contributed by atoms with Crippen LogP contribution in [-0.2, 0) is 28.8 Å². The van der Waals surface area contributed by atoms with E-state index in [0.717, 1.165) is 76.6 Å². The van der Waals surface area contributed by atoms with Gasteiger partial charge in [-0.3, -0.25) is 4.98 Å².